The fourth-order valence-electron chi connectivity index (χ4n) is 3.66. The Bertz CT molecular complexity index is 844. The van der Waals surface area contributed by atoms with E-state index in [9.17, 15) is 9.59 Å². The second-order valence-electron chi connectivity index (χ2n) is 6.68. The summed E-state index contributed by atoms with van der Waals surface area (Å²) in [6.45, 7) is 0. The average Bonchev–Trinajstić information content (AvgIpc) is 2.87. The molecule has 0 radical (unpaired) electrons. The quantitative estimate of drug-likeness (QED) is 0.839. The van der Waals surface area contributed by atoms with Crippen LogP contribution in [0.25, 0.3) is 0 Å². The molecule has 128 valence electrons. The number of benzene rings is 2. The average molecular weight is 356 g/mol. The Morgan fingerprint density at radius 1 is 1.20 bits per heavy atom. The molecule has 4 nitrogen and oxygen atoms in total. The molecule has 4 rings (SSSR count). The lowest BCUT2D eigenvalue weighted by atomic mass is 9.71. The number of carbonyl (C=O) groups excluding carboxylic acids is 2. The van der Waals surface area contributed by atoms with E-state index in [4.69, 9.17) is 16.3 Å². The largest absolute Gasteiger partial charge is 0.453 e. The van der Waals surface area contributed by atoms with Crippen molar-refractivity contribution < 1.29 is 14.3 Å². The van der Waals surface area contributed by atoms with Gasteiger partial charge in [-0.25, -0.2) is 4.79 Å². The summed E-state index contributed by atoms with van der Waals surface area (Å²) >= 11 is 6.11. The van der Waals surface area contributed by atoms with Crippen molar-refractivity contribution in [3.05, 3.63) is 70.2 Å². The van der Waals surface area contributed by atoms with Crippen LogP contribution in [0.5, 0.6) is 0 Å². The maximum absolute atomic E-state index is 12.6. The van der Waals surface area contributed by atoms with Crippen molar-refractivity contribution in [1.82, 2.24) is 5.32 Å². The van der Waals surface area contributed by atoms with Crippen LogP contribution in [0, 0.1) is 0 Å². The first-order chi connectivity index (χ1) is 12.1. The predicted octanol–water partition coefficient (Wildman–Crippen LogP) is 4.14. The summed E-state index contributed by atoms with van der Waals surface area (Å²) in [5.74, 6) is -0.476. The third kappa shape index (κ3) is 2.91. The van der Waals surface area contributed by atoms with Crippen LogP contribution in [-0.2, 0) is 15.1 Å². The molecule has 25 heavy (non-hydrogen) atoms. The van der Waals surface area contributed by atoms with E-state index in [1.165, 1.54) is 0 Å². The minimum Gasteiger partial charge on any atom is -0.453 e. The number of hydrogen-bond acceptors (Lipinski definition) is 3. The van der Waals surface area contributed by atoms with Gasteiger partial charge in [-0.3, -0.25) is 4.79 Å². The molecule has 1 amide bonds. The molecule has 1 aliphatic heterocycles. The minimum absolute atomic E-state index is 0.117. The number of hydrogen-bond donors (Lipinski definition) is 1. The Kier molecular flexibility index (Phi) is 4.00. The lowest BCUT2D eigenvalue weighted by molar-refractivity contribution is -0.126. The minimum atomic E-state index is -0.514. The number of fused-ring (bicyclic) bond motifs is 1. The second-order valence-corrected chi connectivity index (χ2v) is 7.12. The molecule has 1 heterocycles. The molecule has 0 bridgehead atoms. The van der Waals surface area contributed by atoms with Crippen molar-refractivity contribution in [2.24, 2.45) is 0 Å². The highest BCUT2D eigenvalue weighted by Crippen LogP contribution is 2.42. The van der Waals surface area contributed by atoms with E-state index in [-0.39, 0.29) is 23.8 Å². The highest BCUT2D eigenvalue weighted by molar-refractivity contribution is 6.30. The SMILES string of the molecule is O=C(CC1OC(=O)c2ccccc21)NC1(c2cccc(Cl)c2)CCC1. The maximum atomic E-state index is 12.6. The zero-order chi connectivity index (χ0) is 17.4. The van der Waals surface area contributed by atoms with Crippen molar-refractivity contribution in [3.63, 3.8) is 0 Å². The van der Waals surface area contributed by atoms with Crippen LogP contribution in [-0.4, -0.2) is 11.9 Å². The molecular formula is C20H18ClNO3. The molecule has 0 saturated heterocycles. The second kappa shape index (κ2) is 6.19. The Morgan fingerprint density at radius 2 is 2.00 bits per heavy atom. The normalized spacial score (nSPS) is 20.4. The molecule has 2 aliphatic rings. The zero-order valence-corrected chi connectivity index (χ0v) is 14.4. The lowest BCUT2D eigenvalue weighted by Gasteiger charge is -2.43. The number of carbonyl (C=O) groups is 2. The first-order valence-electron chi connectivity index (χ1n) is 8.44. The number of halogens is 1. The van der Waals surface area contributed by atoms with Crippen molar-refractivity contribution >= 4 is 23.5 Å². The fraction of sp³-hybridized carbons (Fsp3) is 0.300. The highest BCUT2D eigenvalue weighted by Gasteiger charge is 2.41. The van der Waals surface area contributed by atoms with Gasteiger partial charge in [0.05, 0.1) is 17.5 Å². The van der Waals surface area contributed by atoms with Crippen LogP contribution in [0.4, 0.5) is 0 Å². The van der Waals surface area contributed by atoms with Gasteiger partial charge >= 0.3 is 5.97 Å². The topological polar surface area (TPSA) is 55.4 Å². The van der Waals surface area contributed by atoms with Crippen molar-refractivity contribution in [3.8, 4) is 0 Å². The van der Waals surface area contributed by atoms with Crippen LogP contribution in [0.15, 0.2) is 48.5 Å². The van der Waals surface area contributed by atoms with Gasteiger partial charge in [0.2, 0.25) is 5.91 Å². The third-order valence-electron chi connectivity index (χ3n) is 5.11. The van der Waals surface area contributed by atoms with Crippen LogP contribution >= 0.6 is 11.6 Å². The van der Waals surface area contributed by atoms with Crippen molar-refractivity contribution in [2.75, 3.05) is 0 Å². The van der Waals surface area contributed by atoms with Gasteiger partial charge in [-0.15, -0.1) is 0 Å². The molecule has 2 aromatic rings. The Labute approximate surface area is 151 Å². The van der Waals surface area contributed by atoms with Crippen LogP contribution in [0.1, 0.15) is 53.3 Å². The summed E-state index contributed by atoms with van der Waals surface area (Å²) in [5.41, 5.74) is 2.01. The molecule has 0 aromatic heterocycles. The van der Waals surface area contributed by atoms with E-state index in [0.717, 1.165) is 30.4 Å². The molecule has 1 aliphatic carbocycles. The van der Waals surface area contributed by atoms with Gasteiger partial charge < -0.3 is 10.1 Å². The van der Waals surface area contributed by atoms with Gasteiger partial charge in [0.25, 0.3) is 0 Å². The molecule has 5 heteroatoms. The summed E-state index contributed by atoms with van der Waals surface area (Å²) in [7, 11) is 0. The van der Waals surface area contributed by atoms with Crippen LogP contribution in [0.3, 0.4) is 0 Å². The number of rotatable bonds is 4. The molecule has 1 atom stereocenters. The lowest BCUT2D eigenvalue weighted by Crippen LogP contribution is -2.51. The number of ether oxygens (including phenoxy) is 1. The Balaban J connectivity index is 1.50. The van der Waals surface area contributed by atoms with Crippen molar-refractivity contribution in [1.29, 1.82) is 0 Å². The highest BCUT2D eigenvalue weighted by atomic mass is 35.5. The van der Waals surface area contributed by atoms with Gasteiger partial charge in [-0.2, -0.15) is 0 Å². The standard InChI is InChI=1S/C20H18ClNO3/c21-14-6-3-5-13(11-14)20(9-4-10-20)22-18(23)12-17-15-7-1-2-8-16(15)19(24)25-17/h1-3,5-8,11,17H,4,9-10,12H2,(H,22,23). The van der Waals surface area contributed by atoms with Gasteiger partial charge in [0.15, 0.2) is 0 Å². The molecule has 1 saturated carbocycles. The number of nitrogens with one attached hydrogen (secondary N) is 1. The monoisotopic (exact) mass is 355 g/mol. The van der Waals surface area contributed by atoms with Gasteiger partial charge in [0.1, 0.15) is 6.10 Å². The van der Waals surface area contributed by atoms with Crippen molar-refractivity contribution in [2.45, 2.75) is 37.3 Å². The third-order valence-corrected chi connectivity index (χ3v) is 5.35. The summed E-state index contributed by atoms with van der Waals surface area (Å²) in [5, 5.41) is 3.82. The number of amides is 1. The fourth-order valence-corrected chi connectivity index (χ4v) is 3.85. The van der Waals surface area contributed by atoms with E-state index in [0.29, 0.717) is 10.6 Å². The van der Waals surface area contributed by atoms with E-state index >= 15 is 0 Å². The Hall–Kier alpha value is -2.33. The first kappa shape index (κ1) is 16.2. The first-order valence-corrected chi connectivity index (χ1v) is 8.82. The molecule has 0 spiro atoms. The van der Waals surface area contributed by atoms with E-state index in [1.807, 2.05) is 36.4 Å². The smallest absolute Gasteiger partial charge is 0.339 e. The summed E-state index contributed by atoms with van der Waals surface area (Å²) in [4.78, 5) is 24.5. The summed E-state index contributed by atoms with van der Waals surface area (Å²) in [6.07, 6.45) is 2.46. The van der Waals surface area contributed by atoms with Crippen LogP contribution in [0.2, 0.25) is 5.02 Å². The molecule has 1 N–H and O–H groups in total. The predicted molar refractivity (Wildman–Crippen MR) is 94.3 cm³/mol. The molecule has 2 aromatic carbocycles. The van der Waals surface area contributed by atoms with Gasteiger partial charge in [-0.05, 0) is 43.0 Å². The Morgan fingerprint density at radius 3 is 2.72 bits per heavy atom. The number of esters is 1. The maximum Gasteiger partial charge on any atom is 0.339 e. The molecule has 1 fully saturated rings. The summed E-state index contributed by atoms with van der Waals surface area (Å²) < 4.78 is 5.37. The number of cyclic esters (lactones) is 1. The zero-order valence-electron chi connectivity index (χ0n) is 13.6. The van der Waals surface area contributed by atoms with E-state index in [1.54, 1.807) is 12.1 Å². The van der Waals surface area contributed by atoms with Gasteiger partial charge in [0, 0.05) is 10.6 Å². The van der Waals surface area contributed by atoms with Crippen LogP contribution < -0.4 is 5.32 Å². The summed E-state index contributed by atoms with van der Waals surface area (Å²) in [6, 6.07) is 14.9. The van der Waals surface area contributed by atoms with Gasteiger partial charge in [-0.1, -0.05) is 41.9 Å². The molecule has 1 unspecified atom stereocenters. The van der Waals surface area contributed by atoms with E-state index in [2.05, 4.69) is 5.32 Å². The molecular weight excluding hydrogens is 338 g/mol. The van der Waals surface area contributed by atoms with E-state index < -0.39 is 6.10 Å².